The second-order valence-electron chi connectivity index (χ2n) is 16.3. The molecule has 0 amide bonds. The van der Waals surface area contributed by atoms with Gasteiger partial charge in [-0.2, -0.15) is 0 Å². The van der Waals surface area contributed by atoms with Gasteiger partial charge in [-0.05, 0) is 83.7 Å². The average Bonchev–Trinajstić information content (AvgIpc) is 3.69. The average molecular weight is 806 g/mol. The van der Waals surface area contributed by atoms with Crippen LogP contribution in [-0.4, -0.2) is 79.8 Å². The van der Waals surface area contributed by atoms with Gasteiger partial charge < -0.3 is 24.1 Å². The quantitative estimate of drug-likeness (QED) is 0.0279. The fourth-order valence-corrected chi connectivity index (χ4v) is 7.23. The summed E-state index contributed by atoms with van der Waals surface area (Å²) in [4.78, 5) is 39.4. The molecule has 0 aromatic rings. The molecule has 0 bridgehead atoms. The Hall–Kier alpha value is -2.23. The van der Waals surface area contributed by atoms with E-state index in [1.54, 1.807) is 0 Å². The van der Waals surface area contributed by atoms with E-state index in [2.05, 4.69) is 45.1 Å². The van der Waals surface area contributed by atoms with E-state index < -0.39 is 18.3 Å². The van der Waals surface area contributed by atoms with Crippen molar-refractivity contribution < 1.29 is 38.4 Å². The second kappa shape index (κ2) is 39.2. The van der Waals surface area contributed by atoms with Crippen molar-refractivity contribution in [3.8, 4) is 0 Å². The molecule has 1 aliphatic heterocycles. The molecule has 9 heteroatoms. The summed E-state index contributed by atoms with van der Waals surface area (Å²) in [7, 11) is 0. The topological polar surface area (TPSA) is 112 Å². The summed E-state index contributed by atoms with van der Waals surface area (Å²) in [5.41, 5.74) is 0. The summed E-state index contributed by atoms with van der Waals surface area (Å²) in [5, 5.41) is 9.65. The Labute approximate surface area is 349 Å². The standard InChI is InChI=1S/C48H87NO8/c1-4-7-10-13-16-17-18-19-20-21-22-23-24-25-28-33-45(50)56-41-43(36-38-49-37-31-32-44(49)48(52)53)42-57-46(51)34-35-47(54-39-29-26-14-11-8-5-2)55-40-30-27-15-12-9-6-3/h16-17,19-20,43-44,47H,4-15,18,21-42H2,1-3H3,(H,52,53)/b17-16-,20-19-/t43-,44?/m0/s1. The van der Waals surface area contributed by atoms with Gasteiger partial charge in [-0.25, -0.2) is 0 Å². The van der Waals surface area contributed by atoms with Gasteiger partial charge in [-0.1, -0.05) is 141 Å². The van der Waals surface area contributed by atoms with Crippen LogP contribution in [0.5, 0.6) is 0 Å². The number of esters is 2. The van der Waals surface area contributed by atoms with Gasteiger partial charge in [0.25, 0.3) is 0 Å². The molecule has 57 heavy (non-hydrogen) atoms. The lowest BCUT2D eigenvalue weighted by Crippen LogP contribution is -2.38. The molecule has 2 atom stereocenters. The van der Waals surface area contributed by atoms with Crippen LogP contribution in [0.1, 0.15) is 207 Å². The van der Waals surface area contributed by atoms with E-state index in [4.69, 9.17) is 18.9 Å². The summed E-state index contributed by atoms with van der Waals surface area (Å²) in [5.74, 6) is -1.56. The van der Waals surface area contributed by atoms with Gasteiger partial charge in [-0.15, -0.1) is 0 Å². The van der Waals surface area contributed by atoms with Crippen LogP contribution in [0, 0.1) is 5.92 Å². The minimum absolute atomic E-state index is 0.128. The van der Waals surface area contributed by atoms with Crippen molar-refractivity contribution in [2.24, 2.45) is 5.92 Å². The van der Waals surface area contributed by atoms with Gasteiger partial charge in [0.1, 0.15) is 6.04 Å². The molecule has 1 rings (SSSR count). The third kappa shape index (κ3) is 32.3. The lowest BCUT2D eigenvalue weighted by Gasteiger charge is -2.24. The van der Waals surface area contributed by atoms with E-state index in [-0.39, 0.29) is 37.5 Å². The number of carboxylic acid groups (broad SMARTS) is 1. The summed E-state index contributed by atoms with van der Waals surface area (Å²) >= 11 is 0. The van der Waals surface area contributed by atoms with Crippen molar-refractivity contribution >= 4 is 17.9 Å². The zero-order valence-electron chi connectivity index (χ0n) is 37.0. The van der Waals surface area contributed by atoms with Crippen LogP contribution < -0.4 is 0 Å². The molecule has 0 radical (unpaired) electrons. The lowest BCUT2D eigenvalue weighted by molar-refractivity contribution is -0.161. The molecule has 0 aromatic heterocycles. The summed E-state index contributed by atoms with van der Waals surface area (Å²) in [6.07, 6.45) is 38.3. The molecule has 0 saturated carbocycles. The van der Waals surface area contributed by atoms with Gasteiger partial charge in [-0.3, -0.25) is 19.3 Å². The highest BCUT2D eigenvalue weighted by atomic mass is 16.7. The number of carboxylic acids is 1. The predicted octanol–water partition coefficient (Wildman–Crippen LogP) is 12.3. The highest BCUT2D eigenvalue weighted by Gasteiger charge is 2.31. The number of allylic oxidation sites excluding steroid dienone is 4. The van der Waals surface area contributed by atoms with Crippen LogP contribution in [0.4, 0.5) is 0 Å². The van der Waals surface area contributed by atoms with Crippen molar-refractivity contribution in [1.82, 2.24) is 4.90 Å². The largest absolute Gasteiger partial charge is 0.480 e. The van der Waals surface area contributed by atoms with Crippen LogP contribution in [0.15, 0.2) is 24.3 Å². The number of ether oxygens (including phenoxy) is 4. The number of carbonyl (C=O) groups is 3. The number of carbonyl (C=O) groups excluding carboxylic acids is 2. The lowest BCUT2D eigenvalue weighted by atomic mass is 10.1. The molecule has 1 aliphatic rings. The van der Waals surface area contributed by atoms with E-state index in [0.717, 1.165) is 77.2 Å². The number of hydrogen-bond acceptors (Lipinski definition) is 8. The van der Waals surface area contributed by atoms with E-state index in [9.17, 15) is 19.5 Å². The Morgan fingerprint density at radius 1 is 0.614 bits per heavy atom. The molecule has 0 aliphatic carbocycles. The van der Waals surface area contributed by atoms with Crippen molar-refractivity contribution in [1.29, 1.82) is 0 Å². The molecule has 9 nitrogen and oxygen atoms in total. The molecule has 1 fully saturated rings. The normalized spacial score (nSPS) is 15.3. The van der Waals surface area contributed by atoms with Gasteiger partial charge in [0.2, 0.25) is 0 Å². The maximum atomic E-state index is 13.0. The van der Waals surface area contributed by atoms with Crippen LogP contribution in [0.2, 0.25) is 0 Å². The van der Waals surface area contributed by atoms with Gasteiger partial charge in [0.05, 0.1) is 19.6 Å². The van der Waals surface area contributed by atoms with Crippen molar-refractivity contribution in [3.05, 3.63) is 24.3 Å². The fourth-order valence-electron chi connectivity index (χ4n) is 7.23. The van der Waals surface area contributed by atoms with Crippen molar-refractivity contribution in [3.63, 3.8) is 0 Å². The minimum atomic E-state index is -0.800. The van der Waals surface area contributed by atoms with Crippen LogP contribution in [-0.2, 0) is 33.3 Å². The first-order chi connectivity index (χ1) is 27.9. The maximum absolute atomic E-state index is 13.0. The summed E-state index contributed by atoms with van der Waals surface area (Å²) in [6.45, 7) is 9.50. The second-order valence-corrected chi connectivity index (χ2v) is 16.3. The van der Waals surface area contributed by atoms with E-state index in [1.807, 2.05) is 4.90 Å². The fraction of sp³-hybridized carbons (Fsp3) is 0.854. The molecule has 332 valence electrons. The van der Waals surface area contributed by atoms with Crippen LogP contribution >= 0.6 is 0 Å². The monoisotopic (exact) mass is 806 g/mol. The van der Waals surface area contributed by atoms with Crippen LogP contribution in [0.3, 0.4) is 0 Å². The number of likely N-dealkylation sites (tertiary alicyclic amines) is 1. The first-order valence-corrected chi connectivity index (χ1v) is 23.7. The first-order valence-electron chi connectivity index (χ1n) is 23.7. The van der Waals surface area contributed by atoms with Gasteiger partial charge in [0, 0.05) is 32.0 Å². The van der Waals surface area contributed by atoms with Crippen molar-refractivity contribution in [2.75, 3.05) is 39.5 Å². The Morgan fingerprint density at radius 2 is 1.11 bits per heavy atom. The highest BCUT2D eigenvalue weighted by Crippen LogP contribution is 2.20. The molecular formula is C48H87NO8. The van der Waals surface area contributed by atoms with Crippen molar-refractivity contribution in [2.45, 2.75) is 219 Å². The smallest absolute Gasteiger partial charge is 0.320 e. The Bertz CT molecular complexity index is 998. The van der Waals surface area contributed by atoms with E-state index in [0.29, 0.717) is 45.4 Å². The molecule has 1 unspecified atom stereocenters. The number of rotatable bonds is 41. The molecular weight excluding hydrogens is 719 g/mol. The number of hydrogen-bond donors (Lipinski definition) is 1. The SMILES string of the molecule is CCCCC/C=C\C/C=C\CCCCCCCC(=O)OC[C@H](CCN1CCCC1C(=O)O)COC(=O)CCC(OCCCCCCCC)OCCCCCCCC. The highest BCUT2D eigenvalue weighted by molar-refractivity contribution is 5.73. The molecule has 0 spiro atoms. The Kier molecular flexibility index (Phi) is 36.3. The Morgan fingerprint density at radius 3 is 1.68 bits per heavy atom. The zero-order chi connectivity index (χ0) is 41.4. The Balaban J connectivity index is 2.49. The summed E-state index contributed by atoms with van der Waals surface area (Å²) < 4.78 is 23.7. The van der Waals surface area contributed by atoms with E-state index >= 15 is 0 Å². The number of unbranched alkanes of at least 4 members (excludes halogenated alkanes) is 18. The molecule has 1 saturated heterocycles. The predicted molar refractivity (Wildman–Crippen MR) is 233 cm³/mol. The van der Waals surface area contributed by atoms with E-state index in [1.165, 1.54) is 83.5 Å². The number of aliphatic carboxylic acids is 1. The third-order valence-electron chi connectivity index (χ3n) is 11.0. The minimum Gasteiger partial charge on any atom is -0.480 e. The molecule has 1 heterocycles. The van der Waals surface area contributed by atoms with Gasteiger partial charge >= 0.3 is 17.9 Å². The molecule has 1 N–H and O–H groups in total. The van der Waals surface area contributed by atoms with Gasteiger partial charge in [0.15, 0.2) is 6.29 Å². The number of nitrogens with zero attached hydrogens (tertiary/aromatic N) is 1. The van der Waals surface area contributed by atoms with Crippen LogP contribution in [0.25, 0.3) is 0 Å². The maximum Gasteiger partial charge on any atom is 0.320 e. The molecule has 0 aromatic carbocycles. The first kappa shape index (κ1) is 52.8. The third-order valence-corrected chi connectivity index (χ3v) is 11.0. The summed E-state index contributed by atoms with van der Waals surface area (Å²) in [6, 6.07) is -0.487. The zero-order valence-corrected chi connectivity index (χ0v) is 37.0.